The molecule has 0 unspecified atom stereocenters. The van der Waals surface area contributed by atoms with Crippen LogP contribution in [0, 0.1) is 5.92 Å². The number of piperazine rings is 1. The molecular weight excluding hydrogens is 304 g/mol. The highest BCUT2D eigenvalue weighted by Crippen LogP contribution is 2.29. The van der Waals surface area contributed by atoms with Crippen LogP contribution in [0.2, 0.25) is 0 Å². The Kier molecular flexibility index (Phi) is 3.75. The SMILES string of the molecule is Cn1cnc2cc(N3CCN(C(=O)C4CCC4)CC3)ccc2c1=O. The molecular formula is C18H22N4O2. The van der Waals surface area contributed by atoms with Gasteiger partial charge in [-0.2, -0.15) is 0 Å². The second kappa shape index (κ2) is 5.92. The fourth-order valence-corrected chi connectivity index (χ4v) is 3.49. The van der Waals surface area contributed by atoms with Crippen molar-refractivity contribution in [1.82, 2.24) is 14.5 Å². The Bertz CT molecular complexity index is 833. The number of anilines is 1. The first-order valence-corrected chi connectivity index (χ1v) is 8.62. The number of benzene rings is 1. The lowest BCUT2D eigenvalue weighted by atomic mass is 9.84. The Hall–Kier alpha value is -2.37. The maximum Gasteiger partial charge on any atom is 0.260 e. The first kappa shape index (κ1) is 15.2. The van der Waals surface area contributed by atoms with E-state index in [1.54, 1.807) is 13.4 Å². The number of fused-ring (bicyclic) bond motifs is 1. The third-order valence-electron chi connectivity index (χ3n) is 5.31. The largest absolute Gasteiger partial charge is 0.368 e. The van der Waals surface area contributed by atoms with Crippen LogP contribution in [0.25, 0.3) is 10.9 Å². The normalized spacial score (nSPS) is 18.7. The number of carbonyl (C=O) groups is 1. The van der Waals surface area contributed by atoms with E-state index < -0.39 is 0 Å². The van der Waals surface area contributed by atoms with E-state index in [-0.39, 0.29) is 11.5 Å². The molecule has 24 heavy (non-hydrogen) atoms. The van der Waals surface area contributed by atoms with Crippen molar-refractivity contribution in [2.75, 3.05) is 31.1 Å². The number of aromatic nitrogens is 2. The van der Waals surface area contributed by atoms with E-state index >= 15 is 0 Å². The van der Waals surface area contributed by atoms with Crippen molar-refractivity contribution in [3.05, 3.63) is 34.9 Å². The van der Waals surface area contributed by atoms with Crippen LogP contribution in [0.1, 0.15) is 19.3 Å². The van der Waals surface area contributed by atoms with Crippen LogP contribution in [0.3, 0.4) is 0 Å². The molecule has 2 heterocycles. The van der Waals surface area contributed by atoms with Gasteiger partial charge in [-0.05, 0) is 31.0 Å². The smallest absolute Gasteiger partial charge is 0.260 e. The van der Waals surface area contributed by atoms with Gasteiger partial charge in [-0.25, -0.2) is 4.98 Å². The van der Waals surface area contributed by atoms with Crippen molar-refractivity contribution in [2.24, 2.45) is 13.0 Å². The second-order valence-corrected chi connectivity index (χ2v) is 6.80. The van der Waals surface area contributed by atoms with Gasteiger partial charge in [-0.15, -0.1) is 0 Å². The lowest BCUT2D eigenvalue weighted by Gasteiger charge is -2.39. The van der Waals surface area contributed by atoms with Crippen molar-refractivity contribution < 1.29 is 4.79 Å². The van der Waals surface area contributed by atoms with Crippen molar-refractivity contribution in [3.63, 3.8) is 0 Å². The number of rotatable bonds is 2. The van der Waals surface area contributed by atoms with E-state index in [1.807, 2.05) is 23.1 Å². The van der Waals surface area contributed by atoms with E-state index in [0.29, 0.717) is 11.3 Å². The summed E-state index contributed by atoms with van der Waals surface area (Å²) in [6.07, 6.45) is 4.87. The Labute approximate surface area is 140 Å². The molecule has 0 radical (unpaired) electrons. The molecule has 1 aromatic heterocycles. The van der Waals surface area contributed by atoms with Crippen LogP contribution < -0.4 is 10.5 Å². The highest BCUT2D eigenvalue weighted by atomic mass is 16.2. The van der Waals surface area contributed by atoms with Crippen LogP contribution in [-0.4, -0.2) is 46.5 Å². The van der Waals surface area contributed by atoms with E-state index in [9.17, 15) is 9.59 Å². The summed E-state index contributed by atoms with van der Waals surface area (Å²) in [5.41, 5.74) is 1.77. The minimum Gasteiger partial charge on any atom is -0.368 e. The van der Waals surface area contributed by atoms with Gasteiger partial charge in [0.1, 0.15) is 0 Å². The topological polar surface area (TPSA) is 58.4 Å². The predicted molar refractivity (Wildman–Crippen MR) is 93.1 cm³/mol. The van der Waals surface area contributed by atoms with Gasteiger partial charge in [0.05, 0.1) is 17.2 Å². The third-order valence-corrected chi connectivity index (χ3v) is 5.31. The maximum atomic E-state index is 12.3. The number of hydrogen-bond acceptors (Lipinski definition) is 4. The van der Waals surface area contributed by atoms with Crippen molar-refractivity contribution in [1.29, 1.82) is 0 Å². The van der Waals surface area contributed by atoms with Crippen LogP contribution in [0.15, 0.2) is 29.3 Å². The molecule has 0 N–H and O–H groups in total. The summed E-state index contributed by atoms with van der Waals surface area (Å²) in [6, 6.07) is 5.81. The molecule has 1 aliphatic heterocycles. The van der Waals surface area contributed by atoms with Gasteiger partial charge in [0.25, 0.3) is 5.56 Å². The van der Waals surface area contributed by atoms with Crippen molar-refractivity contribution in [2.45, 2.75) is 19.3 Å². The van der Waals surface area contributed by atoms with Gasteiger partial charge in [-0.1, -0.05) is 6.42 Å². The van der Waals surface area contributed by atoms with Gasteiger partial charge in [-0.3, -0.25) is 9.59 Å². The Morgan fingerprint density at radius 3 is 2.58 bits per heavy atom. The summed E-state index contributed by atoms with van der Waals surface area (Å²) in [5, 5.41) is 0.641. The number of nitrogens with zero attached hydrogens (tertiary/aromatic N) is 4. The van der Waals surface area contributed by atoms with Crippen LogP contribution >= 0.6 is 0 Å². The Morgan fingerprint density at radius 2 is 1.92 bits per heavy atom. The molecule has 6 heteroatoms. The average Bonchev–Trinajstić information content (AvgIpc) is 2.56. The van der Waals surface area contributed by atoms with Crippen LogP contribution in [-0.2, 0) is 11.8 Å². The zero-order chi connectivity index (χ0) is 16.7. The maximum absolute atomic E-state index is 12.3. The summed E-state index contributed by atoms with van der Waals surface area (Å²) in [5.74, 6) is 0.613. The Morgan fingerprint density at radius 1 is 1.17 bits per heavy atom. The minimum absolute atomic E-state index is 0.0255. The van der Waals surface area contributed by atoms with E-state index in [4.69, 9.17) is 0 Å². The molecule has 2 aliphatic rings. The minimum atomic E-state index is -0.0255. The lowest BCUT2D eigenvalue weighted by Crippen LogP contribution is -2.51. The molecule has 1 aliphatic carbocycles. The first-order valence-electron chi connectivity index (χ1n) is 8.62. The predicted octanol–water partition coefficient (Wildman–Crippen LogP) is 1.38. The van der Waals surface area contributed by atoms with Gasteiger partial charge >= 0.3 is 0 Å². The molecule has 1 aromatic carbocycles. The van der Waals surface area contributed by atoms with Gasteiger partial charge in [0.2, 0.25) is 5.91 Å². The summed E-state index contributed by atoms with van der Waals surface area (Å²) in [6.45, 7) is 3.21. The fraction of sp³-hybridized carbons (Fsp3) is 0.500. The fourth-order valence-electron chi connectivity index (χ4n) is 3.49. The number of hydrogen-bond donors (Lipinski definition) is 0. The molecule has 0 atom stereocenters. The van der Waals surface area contributed by atoms with Gasteiger partial charge < -0.3 is 14.4 Å². The van der Waals surface area contributed by atoms with Gasteiger partial charge in [0.15, 0.2) is 0 Å². The zero-order valence-corrected chi connectivity index (χ0v) is 13.9. The molecule has 1 saturated heterocycles. The third kappa shape index (κ3) is 2.56. The molecule has 2 aromatic rings. The molecule has 1 saturated carbocycles. The summed E-state index contributed by atoms with van der Waals surface area (Å²) >= 11 is 0. The standard InChI is InChI=1S/C18H22N4O2/c1-20-12-19-16-11-14(5-6-15(16)18(20)24)21-7-9-22(10-8-21)17(23)13-3-2-4-13/h5-6,11-13H,2-4,7-10H2,1H3. The Balaban J connectivity index is 1.49. The molecule has 2 fully saturated rings. The van der Waals surface area contributed by atoms with E-state index in [1.165, 1.54) is 11.0 Å². The summed E-state index contributed by atoms with van der Waals surface area (Å²) < 4.78 is 1.49. The number of amides is 1. The molecule has 126 valence electrons. The second-order valence-electron chi connectivity index (χ2n) is 6.80. The molecule has 1 amide bonds. The molecule has 0 spiro atoms. The monoisotopic (exact) mass is 326 g/mol. The highest BCUT2D eigenvalue weighted by Gasteiger charge is 2.31. The molecule has 0 bridgehead atoms. The number of carbonyl (C=O) groups excluding carboxylic acids is 1. The average molecular weight is 326 g/mol. The summed E-state index contributed by atoms with van der Waals surface area (Å²) in [7, 11) is 1.71. The quantitative estimate of drug-likeness (QED) is 0.837. The van der Waals surface area contributed by atoms with Gasteiger partial charge in [0, 0.05) is 44.8 Å². The summed E-state index contributed by atoms with van der Waals surface area (Å²) in [4.78, 5) is 33.1. The zero-order valence-electron chi connectivity index (χ0n) is 13.9. The van der Waals surface area contributed by atoms with Crippen LogP contribution in [0.5, 0.6) is 0 Å². The molecule has 6 nitrogen and oxygen atoms in total. The van der Waals surface area contributed by atoms with Crippen molar-refractivity contribution in [3.8, 4) is 0 Å². The number of aryl methyl sites for hydroxylation is 1. The van der Waals surface area contributed by atoms with Crippen molar-refractivity contribution >= 4 is 22.5 Å². The lowest BCUT2D eigenvalue weighted by molar-refractivity contribution is -0.138. The van der Waals surface area contributed by atoms with E-state index in [0.717, 1.165) is 50.2 Å². The first-order chi connectivity index (χ1) is 11.6. The van der Waals surface area contributed by atoms with E-state index in [2.05, 4.69) is 9.88 Å². The highest BCUT2D eigenvalue weighted by molar-refractivity contribution is 5.82. The van der Waals surface area contributed by atoms with Crippen LogP contribution in [0.4, 0.5) is 5.69 Å². The molecule has 4 rings (SSSR count).